The molecule has 2 heterocycles. The molecule has 0 aliphatic heterocycles. The van der Waals surface area contributed by atoms with Crippen molar-refractivity contribution in [3.63, 3.8) is 0 Å². The van der Waals surface area contributed by atoms with Crippen LogP contribution in [0, 0.1) is 18.3 Å². The Kier molecular flexibility index (Phi) is 6.29. The van der Waals surface area contributed by atoms with Crippen molar-refractivity contribution in [3.8, 4) is 11.9 Å². The number of amides is 1. The number of hydrogen-bond acceptors (Lipinski definition) is 5. The molecule has 1 N–H and O–H groups in total. The molecule has 0 saturated heterocycles. The molecule has 1 amide bonds. The summed E-state index contributed by atoms with van der Waals surface area (Å²) in [6, 6.07) is 9.33. The van der Waals surface area contributed by atoms with Crippen molar-refractivity contribution in [2.45, 2.75) is 26.7 Å². The van der Waals surface area contributed by atoms with Crippen LogP contribution in [-0.4, -0.2) is 44.1 Å². The van der Waals surface area contributed by atoms with Gasteiger partial charge in [0.05, 0.1) is 22.8 Å². The van der Waals surface area contributed by atoms with E-state index < -0.39 is 16.2 Å². The average Bonchev–Trinajstić information content (AvgIpc) is 3.24. The molecule has 0 atom stereocenters. The normalized spacial score (nSPS) is 11.8. The van der Waals surface area contributed by atoms with Gasteiger partial charge in [-0.3, -0.25) is 14.0 Å². The fourth-order valence-electron chi connectivity index (χ4n) is 3.42. The molecular formula is C21H23N5O4S. The van der Waals surface area contributed by atoms with Crippen LogP contribution in [0.4, 0.5) is 0 Å². The molecule has 3 aromatic rings. The number of fused-ring (bicyclic) bond motifs is 1. The van der Waals surface area contributed by atoms with Gasteiger partial charge in [0, 0.05) is 36.8 Å². The number of nitrogens with zero attached hydrogens (tertiary/aromatic N) is 5. The number of rotatable bonds is 7. The number of aromatic nitrogens is 3. The van der Waals surface area contributed by atoms with E-state index in [-0.39, 0.29) is 6.54 Å². The molecule has 0 bridgehead atoms. The fourth-order valence-corrected chi connectivity index (χ4v) is 4.07. The quantitative estimate of drug-likeness (QED) is 0.444. The van der Waals surface area contributed by atoms with E-state index in [4.69, 9.17) is 5.26 Å². The zero-order chi connectivity index (χ0) is 22.8. The van der Waals surface area contributed by atoms with E-state index in [0.717, 1.165) is 17.0 Å². The van der Waals surface area contributed by atoms with Crippen molar-refractivity contribution < 1.29 is 17.8 Å². The van der Waals surface area contributed by atoms with Gasteiger partial charge in [0.15, 0.2) is 0 Å². The number of unbranched alkanes of at least 4 members (excludes halogenated alkanes) is 1. The maximum Gasteiger partial charge on any atom is 0.362 e. The van der Waals surface area contributed by atoms with Gasteiger partial charge in [-0.2, -0.15) is 18.8 Å². The number of carbonyl (C=O) groups is 1. The van der Waals surface area contributed by atoms with Gasteiger partial charge < -0.3 is 4.57 Å². The Morgan fingerprint density at radius 2 is 2.10 bits per heavy atom. The first-order valence-corrected chi connectivity index (χ1v) is 11.1. The lowest BCUT2D eigenvalue weighted by molar-refractivity contribution is -0.121. The SMILES string of the molecule is CCCCN(C(=O)C=Cc1c(C)nn(C)c1-n1ccc2cc(C#N)ccc21)S(=O)(=O)O. The van der Waals surface area contributed by atoms with Crippen LogP contribution in [-0.2, 0) is 22.1 Å². The molecular weight excluding hydrogens is 418 g/mol. The highest BCUT2D eigenvalue weighted by molar-refractivity contribution is 7.84. The lowest BCUT2D eigenvalue weighted by atomic mass is 10.2. The van der Waals surface area contributed by atoms with E-state index in [1.807, 2.05) is 29.8 Å². The number of hydrogen-bond donors (Lipinski definition) is 1. The van der Waals surface area contributed by atoms with E-state index in [9.17, 15) is 17.8 Å². The van der Waals surface area contributed by atoms with Crippen LogP contribution in [0.1, 0.15) is 36.6 Å². The summed E-state index contributed by atoms with van der Waals surface area (Å²) in [6.45, 7) is 3.54. The third-order valence-electron chi connectivity index (χ3n) is 4.92. The molecule has 0 saturated carbocycles. The molecule has 0 unspecified atom stereocenters. The van der Waals surface area contributed by atoms with Gasteiger partial charge >= 0.3 is 10.3 Å². The highest BCUT2D eigenvalue weighted by atomic mass is 32.2. The Labute approximate surface area is 180 Å². The van der Waals surface area contributed by atoms with E-state index in [1.54, 1.807) is 30.8 Å². The second-order valence-corrected chi connectivity index (χ2v) is 8.43. The number of benzene rings is 1. The topological polar surface area (TPSA) is 121 Å². The standard InChI is InChI=1S/C21H23N5O4S/c1-4-5-11-26(31(28,29)30)20(27)9-7-18-15(2)23-24(3)21(18)25-12-10-17-13-16(14-22)6-8-19(17)25/h6-10,12-13H,4-5,11H2,1-3H3,(H,28,29,30). The zero-order valence-electron chi connectivity index (χ0n) is 17.5. The Balaban J connectivity index is 2.03. The van der Waals surface area contributed by atoms with E-state index in [2.05, 4.69) is 11.2 Å². The van der Waals surface area contributed by atoms with Gasteiger partial charge in [0.25, 0.3) is 5.91 Å². The molecule has 0 aliphatic carbocycles. The highest BCUT2D eigenvalue weighted by Crippen LogP contribution is 2.26. The van der Waals surface area contributed by atoms with Gasteiger partial charge in [0.1, 0.15) is 5.82 Å². The summed E-state index contributed by atoms with van der Waals surface area (Å²) >= 11 is 0. The molecule has 10 heteroatoms. The van der Waals surface area contributed by atoms with E-state index in [1.165, 1.54) is 6.08 Å². The van der Waals surface area contributed by atoms with Gasteiger partial charge in [-0.25, -0.2) is 4.31 Å². The van der Waals surface area contributed by atoms with E-state index >= 15 is 0 Å². The van der Waals surface area contributed by atoms with Crippen molar-refractivity contribution in [3.05, 3.63) is 53.4 Å². The maximum atomic E-state index is 12.5. The molecule has 0 radical (unpaired) electrons. The van der Waals surface area contributed by atoms with Crippen molar-refractivity contribution in [1.82, 2.24) is 18.7 Å². The third kappa shape index (κ3) is 4.52. The van der Waals surface area contributed by atoms with Gasteiger partial charge in [0.2, 0.25) is 0 Å². The van der Waals surface area contributed by atoms with Crippen LogP contribution in [0.25, 0.3) is 22.8 Å². The molecule has 0 spiro atoms. The largest absolute Gasteiger partial charge is 0.362 e. The number of aryl methyl sites for hydroxylation is 2. The van der Waals surface area contributed by atoms with Crippen LogP contribution < -0.4 is 0 Å². The smallest absolute Gasteiger partial charge is 0.301 e. The molecule has 0 aliphatic rings. The summed E-state index contributed by atoms with van der Waals surface area (Å²) < 4.78 is 36.6. The highest BCUT2D eigenvalue weighted by Gasteiger charge is 2.23. The Hall–Kier alpha value is -3.42. The van der Waals surface area contributed by atoms with Crippen molar-refractivity contribution in [2.75, 3.05) is 6.54 Å². The number of nitriles is 1. The first kappa shape index (κ1) is 22.3. The molecule has 1 aromatic carbocycles. The summed E-state index contributed by atoms with van der Waals surface area (Å²) in [5, 5.41) is 14.4. The van der Waals surface area contributed by atoms with Crippen LogP contribution in [0.3, 0.4) is 0 Å². The second kappa shape index (κ2) is 8.75. The van der Waals surface area contributed by atoms with Crippen LogP contribution >= 0.6 is 0 Å². The maximum absolute atomic E-state index is 12.5. The van der Waals surface area contributed by atoms with E-state index in [0.29, 0.717) is 39.8 Å². The minimum atomic E-state index is -4.65. The first-order valence-electron chi connectivity index (χ1n) is 9.69. The summed E-state index contributed by atoms with van der Waals surface area (Å²) in [5.41, 5.74) is 2.67. The second-order valence-electron chi connectivity index (χ2n) is 7.09. The zero-order valence-corrected chi connectivity index (χ0v) is 18.3. The monoisotopic (exact) mass is 441 g/mol. The lowest BCUT2D eigenvalue weighted by Crippen LogP contribution is -2.36. The predicted octanol–water partition coefficient (Wildman–Crippen LogP) is 2.99. The molecule has 9 nitrogen and oxygen atoms in total. The van der Waals surface area contributed by atoms with Crippen molar-refractivity contribution >= 4 is 33.2 Å². The summed E-state index contributed by atoms with van der Waals surface area (Å²) in [7, 11) is -2.89. The summed E-state index contributed by atoms with van der Waals surface area (Å²) in [5.74, 6) is -0.158. The molecule has 2 aromatic heterocycles. The van der Waals surface area contributed by atoms with Gasteiger partial charge in [-0.1, -0.05) is 13.3 Å². The molecule has 162 valence electrons. The Bertz CT molecular complexity index is 1310. The molecule has 3 rings (SSSR count). The summed E-state index contributed by atoms with van der Waals surface area (Å²) in [6.07, 6.45) is 5.57. The predicted molar refractivity (Wildman–Crippen MR) is 117 cm³/mol. The molecule has 31 heavy (non-hydrogen) atoms. The molecule has 0 fully saturated rings. The Morgan fingerprint density at radius 1 is 1.35 bits per heavy atom. The minimum Gasteiger partial charge on any atom is -0.301 e. The van der Waals surface area contributed by atoms with Crippen molar-refractivity contribution in [2.24, 2.45) is 7.05 Å². The fraction of sp³-hybridized carbons (Fsp3) is 0.286. The Morgan fingerprint density at radius 3 is 2.74 bits per heavy atom. The third-order valence-corrected chi connectivity index (χ3v) is 5.84. The average molecular weight is 442 g/mol. The number of carbonyl (C=O) groups excluding carboxylic acids is 1. The first-order chi connectivity index (χ1) is 14.7. The van der Waals surface area contributed by atoms with Gasteiger partial charge in [-0.15, -0.1) is 0 Å². The minimum absolute atomic E-state index is 0.0964. The van der Waals surface area contributed by atoms with Crippen LogP contribution in [0.2, 0.25) is 0 Å². The lowest BCUT2D eigenvalue weighted by Gasteiger charge is -2.16. The van der Waals surface area contributed by atoms with Crippen LogP contribution in [0.5, 0.6) is 0 Å². The van der Waals surface area contributed by atoms with Crippen LogP contribution in [0.15, 0.2) is 36.5 Å². The van der Waals surface area contributed by atoms with Crippen molar-refractivity contribution in [1.29, 1.82) is 5.26 Å². The summed E-state index contributed by atoms with van der Waals surface area (Å²) in [4.78, 5) is 12.5. The van der Waals surface area contributed by atoms with Gasteiger partial charge in [-0.05, 0) is 43.7 Å².